The van der Waals surface area contributed by atoms with Crippen molar-refractivity contribution in [1.82, 2.24) is 4.90 Å². The maximum Gasteiger partial charge on any atom is 0.0577 e. The standard InChI is InChI=1S/C15H22N2/c16-15-10-3-4-11-17(15)14-9-5-7-12-6-1-2-8-13(12)14/h1-2,6,8,14-15H,3-5,7,9-11,16H2. The van der Waals surface area contributed by atoms with Crippen molar-refractivity contribution < 1.29 is 0 Å². The van der Waals surface area contributed by atoms with Crippen LogP contribution in [0.2, 0.25) is 0 Å². The maximum atomic E-state index is 6.29. The Morgan fingerprint density at radius 1 is 1.06 bits per heavy atom. The van der Waals surface area contributed by atoms with Crippen LogP contribution >= 0.6 is 0 Å². The molecule has 17 heavy (non-hydrogen) atoms. The fraction of sp³-hybridized carbons (Fsp3) is 0.600. The van der Waals surface area contributed by atoms with Gasteiger partial charge in [-0.25, -0.2) is 0 Å². The molecule has 1 heterocycles. The van der Waals surface area contributed by atoms with Gasteiger partial charge in [-0.15, -0.1) is 0 Å². The van der Waals surface area contributed by atoms with Gasteiger partial charge in [-0.3, -0.25) is 4.90 Å². The predicted octanol–water partition coefficient (Wildman–Crippen LogP) is 2.83. The lowest BCUT2D eigenvalue weighted by Gasteiger charge is -2.42. The summed E-state index contributed by atoms with van der Waals surface area (Å²) in [5, 5.41) is 0. The monoisotopic (exact) mass is 230 g/mol. The number of piperidine rings is 1. The van der Waals surface area contributed by atoms with Crippen LogP contribution in [-0.4, -0.2) is 17.6 Å². The van der Waals surface area contributed by atoms with Crippen molar-refractivity contribution >= 4 is 0 Å². The van der Waals surface area contributed by atoms with E-state index < -0.39 is 0 Å². The van der Waals surface area contributed by atoms with Gasteiger partial charge in [0.15, 0.2) is 0 Å². The highest BCUT2D eigenvalue weighted by atomic mass is 15.2. The summed E-state index contributed by atoms with van der Waals surface area (Å²) in [6, 6.07) is 9.51. The summed E-state index contributed by atoms with van der Waals surface area (Å²) in [5.74, 6) is 0. The van der Waals surface area contributed by atoms with Crippen molar-refractivity contribution in [3.8, 4) is 0 Å². The lowest BCUT2D eigenvalue weighted by Crippen LogP contribution is -2.47. The minimum atomic E-state index is 0.278. The zero-order valence-corrected chi connectivity index (χ0v) is 10.4. The molecule has 1 aromatic rings. The molecule has 2 unspecified atom stereocenters. The summed E-state index contributed by atoms with van der Waals surface area (Å²) in [7, 11) is 0. The van der Waals surface area contributed by atoms with Crippen LogP contribution in [0.1, 0.15) is 49.3 Å². The molecule has 0 bridgehead atoms. The van der Waals surface area contributed by atoms with Gasteiger partial charge in [0.1, 0.15) is 0 Å². The third-order valence-electron chi connectivity index (χ3n) is 4.33. The molecule has 2 atom stereocenters. The number of aryl methyl sites for hydroxylation is 1. The van der Waals surface area contributed by atoms with Crippen LogP contribution in [0.5, 0.6) is 0 Å². The van der Waals surface area contributed by atoms with Gasteiger partial charge in [-0.1, -0.05) is 24.3 Å². The summed E-state index contributed by atoms with van der Waals surface area (Å²) < 4.78 is 0. The molecule has 1 aliphatic carbocycles. The molecule has 3 rings (SSSR count). The van der Waals surface area contributed by atoms with E-state index in [1.54, 1.807) is 5.56 Å². The molecule has 0 aromatic heterocycles. The van der Waals surface area contributed by atoms with E-state index in [1.807, 2.05) is 0 Å². The molecule has 2 aliphatic rings. The predicted molar refractivity (Wildman–Crippen MR) is 70.7 cm³/mol. The van der Waals surface area contributed by atoms with Crippen LogP contribution in [0.3, 0.4) is 0 Å². The van der Waals surface area contributed by atoms with Crippen LogP contribution < -0.4 is 5.73 Å². The highest BCUT2D eigenvalue weighted by molar-refractivity contribution is 5.32. The van der Waals surface area contributed by atoms with Gasteiger partial charge in [-0.05, 0) is 49.7 Å². The first kappa shape index (κ1) is 11.2. The van der Waals surface area contributed by atoms with E-state index in [9.17, 15) is 0 Å². The normalized spacial score (nSPS) is 29.9. The van der Waals surface area contributed by atoms with Crippen molar-refractivity contribution in [3.05, 3.63) is 35.4 Å². The van der Waals surface area contributed by atoms with Crippen LogP contribution in [0.25, 0.3) is 0 Å². The molecule has 1 saturated heterocycles. The van der Waals surface area contributed by atoms with Crippen molar-refractivity contribution in [1.29, 1.82) is 0 Å². The second kappa shape index (κ2) is 4.79. The molecule has 0 saturated carbocycles. The summed E-state index contributed by atoms with van der Waals surface area (Å²) in [4.78, 5) is 2.54. The van der Waals surface area contributed by atoms with E-state index in [1.165, 1.54) is 50.6 Å². The number of nitrogens with zero attached hydrogens (tertiary/aromatic N) is 1. The van der Waals surface area contributed by atoms with E-state index in [0.717, 1.165) is 0 Å². The minimum absolute atomic E-state index is 0.278. The molecule has 2 heteroatoms. The second-order valence-electron chi connectivity index (χ2n) is 5.41. The molecule has 1 aromatic carbocycles. The van der Waals surface area contributed by atoms with Gasteiger partial charge < -0.3 is 5.73 Å². The third kappa shape index (κ3) is 2.12. The highest BCUT2D eigenvalue weighted by Crippen LogP contribution is 2.36. The zero-order valence-electron chi connectivity index (χ0n) is 10.4. The summed E-state index contributed by atoms with van der Waals surface area (Å²) in [6.45, 7) is 1.18. The first-order chi connectivity index (χ1) is 8.36. The third-order valence-corrected chi connectivity index (χ3v) is 4.33. The lowest BCUT2D eigenvalue weighted by atomic mass is 9.85. The second-order valence-corrected chi connectivity index (χ2v) is 5.41. The Bertz CT molecular complexity index is 388. The van der Waals surface area contributed by atoms with Crippen LogP contribution in [0, 0.1) is 0 Å². The van der Waals surface area contributed by atoms with Gasteiger partial charge in [0.05, 0.1) is 6.17 Å². The molecule has 0 radical (unpaired) electrons. The number of nitrogens with two attached hydrogens (primary N) is 1. The summed E-state index contributed by atoms with van der Waals surface area (Å²) in [6.07, 6.45) is 7.89. The molecular weight excluding hydrogens is 208 g/mol. The van der Waals surface area contributed by atoms with Crippen LogP contribution in [0.4, 0.5) is 0 Å². The Morgan fingerprint density at radius 3 is 2.82 bits per heavy atom. The van der Waals surface area contributed by atoms with Gasteiger partial charge in [0, 0.05) is 12.6 Å². The Hall–Kier alpha value is -0.860. The molecule has 0 amide bonds. The van der Waals surface area contributed by atoms with E-state index in [0.29, 0.717) is 6.04 Å². The molecule has 1 fully saturated rings. The lowest BCUT2D eigenvalue weighted by molar-refractivity contribution is 0.0874. The Labute approximate surface area is 104 Å². The first-order valence-electron chi connectivity index (χ1n) is 6.95. The fourth-order valence-corrected chi connectivity index (χ4v) is 3.44. The van der Waals surface area contributed by atoms with Crippen molar-refractivity contribution in [2.24, 2.45) is 5.73 Å². The van der Waals surface area contributed by atoms with Gasteiger partial charge in [-0.2, -0.15) is 0 Å². The number of likely N-dealkylation sites (tertiary alicyclic amines) is 1. The number of fused-ring (bicyclic) bond motifs is 1. The molecule has 2 nitrogen and oxygen atoms in total. The number of rotatable bonds is 1. The molecule has 2 N–H and O–H groups in total. The Balaban J connectivity index is 1.89. The Kier molecular flexibility index (Phi) is 3.17. The minimum Gasteiger partial charge on any atom is -0.316 e. The SMILES string of the molecule is NC1CCCCN1C1CCCc2ccccc21. The van der Waals surface area contributed by atoms with Crippen LogP contribution in [0.15, 0.2) is 24.3 Å². The van der Waals surface area contributed by atoms with Crippen molar-refractivity contribution in [2.45, 2.75) is 50.7 Å². The smallest absolute Gasteiger partial charge is 0.0577 e. The average molecular weight is 230 g/mol. The maximum absolute atomic E-state index is 6.29. The summed E-state index contributed by atoms with van der Waals surface area (Å²) >= 11 is 0. The largest absolute Gasteiger partial charge is 0.316 e. The Morgan fingerprint density at radius 2 is 1.94 bits per heavy atom. The van der Waals surface area contributed by atoms with E-state index in [4.69, 9.17) is 5.73 Å². The number of hydrogen-bond donors (Lipinski definition) is 1. The number of benzene rings is 1. The number of hydrogen-bond acceptors (Lipinski definition) is 2. The molecule has 1 aliphatic heterocycles. The van der Waals surface area contributed by atoms with Crippen LogP contribution in [-0.2, 0) is 6.42 Å². The van der Waals surface area contributed by atoms with E-state index >= 15 is 0 Å². The van der Waals surface area contributed by atoms with Gasteiger partial charge in [0.25, 0.3) is 0 Å². The quantitative estimate of drug-likeness (QED) is 0.804. The average Bonchev–Trinajstić information content (AvgIpc) is 2.39. The summed E-state index contributed by atoms with van der Waals surface area (Å²) in [5.41, 5.74) is 9.37. The molecule has 92 valence electrons. The topological polar surface area (TPSA) is 29.3 Å². The van der Waals surface area contributed by atoms with Crippen molar-refractivity contribution in [2.75, 3.05) is 6.54 Å². The van der Waals surface area contributed by atoms with E-state index in [-0.39, 0.29) is 6.17 Å². The zero-order chi connectivity index (χ0) is 11.7. The molecular formula is C15H22N2. The van der Waals surface area contributed by atoms with Crippen molar-refractivity contribution in [3.63, 3.8) is 0 Å². The molecule has 0 spiro atoms. The van der Waals surface area contributed by atoms with E-state index in [2.05, 4.69) is 29.2 Å². The highest BCUT2D eigenvalue weighted by Gasteiger charge is 2.30. The van der Waals surface area contributed by atoms with Gasteiger partial charge >= 0.3 is 0 Å². The first-order valence-corrected chi connectivity index (χ1v) is 6.95. The van der Waals surface area contributed by atoms with Gasteiger partial charge in [0.2, 0.25) is 0 Å². The fourth-order valence-electron chi connectivity index (χ4n) is 3.44.